The lowest BCUT2D eigenvalue weighted by atomic mass is 10.1. The van der Waals surface area contributed by atoms with Gasteiger partial charge in [-0.3, -0.25) is 9.88 Å². The average molecular weight is 383 g/mol. The lowest BCUT2D eigenvalue weighted by Gasteiger charge is -2.34. The Kier molecular flexibility index (Phi) is 5.94. The summed E-state index contributed by atoms with van der Waals surface area (Å²) in [5.74, 6) is 0. The number of rotatable bonds is 6. The monoisotopic (exact) mass is 382 g/mol. The standard InChI is InChI=1S/C21H23ClN4O/c22-18-5-3-4-16-7-8-17(25-21(16)18)14-23-15-20(19-6-1-2-9-24-19)26-10-12-27-13-11-26/h1-9,20,23H,10-15H2. The molecular formula is C21H23ClN4O. The summed E-state index contributed by atoms with van der Waals surface area (Å²) >= 11 is 6.29. The summed E-state index contributed by atoms with van der Waals surface area (Å²) in [7, 11) is 0. The van der Waals surface area contributed by atoms with Gasteiger partial charge < -0.3 is 10.1 Å². The zero-order valence-electron chi connectivity index (χ0n) is 15.1. The van der Waals surface area contributed by atoms with Gasteiger partial charge in [0, 0.05) is 37.8 Å². The molecule has 27 heavy (non-hydrogen) atoms. The minimum atomic E-state index is 0.221. The number of para-hydroxylation sites is 1. The number of morpholine rings is 1. The van der Waals surface area contributed by atoms with Gasteiger partial charge in [0.15, 0.2) is 0 Å². The summed E-state index contributed by atoms with van der Waals surface area (Å²) < 4.78 is 5.51. The molecular weight excluding hydrogens is 360 g/mol. The summed E-state index contributed by atoms with van der Waals surface area (Å²) in [6.45, 7) is 4.88. The molecule has 0 bridgehead atoms. The molecule has 6 heteroatoms. The molecule has 1 fully saturated rings. The molecule has 1 aromatic carbocycles. The second kappa shape index (κ2) is 8.76. The predicted molar refractivity (Wildman–Crippen MR) is 108 cm³/mol. The van der Waals surface area contributed by atoms with Gasteiger partial charge in [-0.15, -0.1) is 0 Å². The fourth-order valence-electron chi connectivity index (χ4n) is 3.47. The molecule has 0 saturated carbocycles. The van der Waals surface area contributed by atoms with Gasteiger partial charge in [-0.25, -0.2) is 4.98 Å². The molecule has 0 aliphatic carbocycles. The van der Waals surface area contributed by atoms with Crippen molar-refractivity contribution in [3.05, 3.63) is 71.1 Å². The van der Waals surface area contributed by atoms with Crippen LogP contribution in [0.15, 0.2) is 54.7 Å². The van der Waals surface area contributed by atoms with Crippen LogP contribution in [0.2, 0.25) is 5.02 Å². The van der Waals surface area contributed by atoms with Gasteiger partial charge in [-0.1, -0.05) is 35.9 Å². The Balaban J connectivity index is 1.45. The molecule has 1 aliphatic heterocycles. The lowest BCUT2D eigenvalue weighted by Crippen LogP contribution is -2.43. The van der Waals surface area contributed by atoms with Crippen LogP contribution in [0.5, 0.6) is 0 Å². The van der Waals surface area contributed by atoms with Crippen LogP contribution in [-0.2, 0) is 11.3 Å². The van der Waals surface area contributed by atoms with Crippen molar-refractivity contribution in [2.24, 2.45) is 0 Å². The third-order valence-corrected chi connectivity index (χ3v) is 5.19. The third-order valence-electron chi connectivity index (χ3n) is 4.89. The van der Waals surface area contributed by atoms with Crippen molar-refractivity contribution in [3.63, 3.8) is 0 Å². The zero-order valence-corrected chi connectivity index (χ0v) is 15.9. The van der Waals surface area contributed by atoms with E-state index in [1.807, 2.05) is 36.5 Å². The van der Waals surface area contributed by atoms with Crippen LogP contribution in [0, 0.1) is 0 Å². The Bertz CT molecular complexity index is 884. The zero-order chi connectivity index (χ0) is 18.5. The SMILES string of the molecule is Clc1cccc2ccc(CNCC(c3ccccn3)N3CCOCC3)nc12. The minimum Gasteiger partial charge on any atom is -0.379 e. The van der Waals surface area contributed by atoms with Crippen LogP contribution >= 0.6 is 11.6 Å². The Morgan fingerprint density at radius 1 is 1.07 bits per heavy atom. The number of halogens is 1. The average Bonchev–Trinajstić information content (AvgIpc) is 2.73. The smallest absolute Gasteiger partial charge is 0.0891 e. The van der Waals surface area contributed by atoms with Gasteiger partial charge in [0.05, 0.1) is 41.2 Å². The molecule has 1 N–H and O–H groups in total. The van der Waals surface area contributed by atoms with E-state index in [1.54, 1.807) is 0 Å². The third kappa shape index (κ3) is 4.45. The highest BCUT2D eigenvalue weighted by Gasteiger charge is 2.23. The van der Waals surface area contributed by atoms with E-state index in [9.17, 15) is 0 Å². The van der Waals surface area contributed by atoms with Crippen molar-refractivity contribution in [3.8, 4) is 0 Å². The molecule has 1 unspecified atom stereocenters. The Labute approximate surface area is 164 Å². The molecule has 3 aromatic rings. The largest absolute Gasteiger partial charge is 0.379 e. The number of hydrogen-bond acceptors (Lipinski definition) is 5. The maximum atomic E-state index is 6.29. The number of aromatic nitrogens is 2. The summed E-state index contributed by atoms with van der Waals surface area (Å²) in [6, 6.07) is 16.3. The quantitative estimate of drug-likeness (QED) is 0.707. The van der Waals surface area contributed by atoms with Crippen molar-refractivity contribution < 1.29 is 4.74 Å². The van der Waals surface area contributed by atoms with Gasteiger partial charge in [0.1, 0.15) is 0 Å². The van der Waals surface area contributed by atoms with Crippen LogP contribution in [0.3, 0.4) is 0 Å². The van der Waals surface area contributed by atoms with E-state index < -0.39 is 0 Å². The second-order valence-electron chi connectivity index (χ2n) is 6.66. The van der Waals surface area contributed by atoms with E-state index >= 15 is 0 Å². The van der Waals surface area contributed by atoms with Crippen molar-refractivity contribution in [2.45, 2.75) is 12.6 Å². The first-order chi connectivity index (χ1) is 13.3. The normalized spacial score (nSPS) is 16.5. The van der Waals surface area contributed by atoms with E-state index in [0.717, 1.165) is 55.1 Å². The van der Waals surface area contributed by atoms with Gasteiger partial charge in [-0.2, -0.15) is 0 Å². The summed E-state index contributed by atoms with van der Waals surface area (Å²) in [6.07, 6.45) is 1.86. The molecule has 1 saturated heterocycles. The van der Waals surface area contributed by atoms with Gasteiger partial charge in [-0.05, 0) is 24.3 Å². The summed E-state index contributed by atoms with van der Waals surface area (Å²) in [4.78, 5) is 11.7. The number of pyridine rings is 2. The van der Waals surface area contributed by atoms with Crippen LogP contribution in [0.25, 0.3) is 10.9 Å². The van der Waals surface area contributed by atoms with E-state index in [-0.39, 0.29) is 6.04 Å². The summed E-state index contributed by atoms with van der Waals surface area (Å²) in [5.41, 5.74) is 2.92. The fraction of sp³-hybridized carbons (Fsp3) is 0.333. The predicted octanol–water partition coefficient (Wildman–Crippen LogP) is 3.45. The lowest BCUT2D eigenvalue weighted by molar-refractivity contribution is 0.0152. The Morgan fingerprint density at radius 2 is 1.96 bits per heavy atom. The molecule has 4 rings (SSSR count). The van der Waals surface area contributed by atoms with E-state index in [4.69, 9.17) is 21.3 Å². The van der Waals surface area contributed by atoms with E-state index in [1.165, 1.54) is 0 Å². The first kappa shape index (κ1) is 18.3. The maximum absolute atomic E-state index is 6.29. The number of nitrogens with one attached hydrogen (secondary N) is 1. The second-order valence-corrected chi connectivity index (χ2v) is 7.07. The van der Waals surface area contributed by atoms with E-state index in [2.05, 4.69) is 33.4 Å². The van der Waals surface area contributed by atoms with Crippen LogP contribution < -0.4 is 5.32 Å². The number of benzene rings is 1. The molecule has 5 nitrogen and oxygen atoms in total. The van der Waals surface area contributed by atoms with Crippen LogP contribution in [-0.4, -0.2) is 47.7 Å². The molecule has 3 heterocycles. The molecule has 0 radical (unpaired) electrons. The van der Waals surface area contributed by atoms with Crippen LogP contribution in [0.4, 0.5) is 0 Å². The number of hydrogen-bond donors (Lipinski definition) is 1. The van der Waals surface area contributed by atoms with Crippen molar-refractivity contribution in [1.29, 1.82) is 0 Å². The highest BCUT2D eigenvalue weighted by atomic mass is 35.5. The Hall–Kier alpha value is -2.05. The van der Waals surface area contributed by atoms with Crippen LogP contribution in [0.1, 0.15) is 17.4 Å². The molecule has 0 spiro atoms. The fourth-order valence-corrected chi connectivity index (χ4v) is 3.69. The molecule has 1 atom stereocenters. The Morgan fingerprint density at radius 3 is 2.78 bits per heavy atom. The molecule has 0 amide bonds. The topological polar surface area (TPSA) is 50.3 Å². The van der Waals surface area contributed by atoms with Crippen molar-refractivity contribution in [1.82, 2.24) is 20.2 Å². The van der Waals surface area contributed by atoms with Crippen molar-refractivity contribution in [2.75, 3.05) is 32.8 Å². The molecule has 1 aliphatic rings. The first-order valence-corrected chi connectivity index (χ1v) is 9.66. The minimum absolute atomic E-state index is 0.221. The number of nitrogens with zero attached hydrogens (tertiary/aromatic N) is 3. The van der Waals surface area contributed by atoms with Gasteiger partial charge >= 0.3 is 0 Å². The molecule has 2 aromatic heterocycles. The van der Waals surface area contributed by atoms with Crippen molar-refractivity contribution >= 4 is 22.5 Å². The molecule has 140 valence electrons. The van der Waals surface area contributed by atoms with Gasteiger partial charge in [0.25, 0.3) is 0 Å². The van der Waals surface area contributed by atoms with Gasteiger partial charge in [0.2, 0.25) is 0 Å². The van der Waals surface area contributed by atoms with E-state index in [0.29, 0.717) is 11.6 Å². The number of fused-ring (bicyclic) bond motifs is 1. The first-order valence-electron chi connectivity index (χ1n) is 9.29. The highest BCUT2D eigenvalue weighted by Crippen LogP contribution is 2.22. The number of ether oxygens (including phenoxy) is 1. The summed E-state index contributed by atoms with van der Waals surface area (Å²) in [5, 5.41) is 5.30. The highest BCUT2D eigenvalue weighted by molar-refractivity contribution is 6.35. The maximum Gasteiger partial charge on any atom is 0.0891 e.